The minimum absolute atomic E-state index is 0.0783. The van der Waals surface area contributed by atoms with Crippen LogP contribution >= 0.6 is 0 Å². The highest BCUT2D eigenvalue weighted by molar-refractivity contribution is 6.03. The molecule has 2 aromatic rings. The van der Waals surface area contributed by atoms with Gasteiger partial charge >= 0.3 is 5.97 Å². The number of methoxy groups -OCH3 is 1. The van der Waals surface area contributed by atoms with E-state index in [1.807, 2.05) is 0 Å². The molecule has 154 valence electrons. The third kappa shape index (κ3) is 5.68. The quantitative estimate of drug-likeness (QED) is 0.592. The lowest BCUT2D eigenvalue weighted by Gasteiger charge is -2.27. The fourth-order valence-electron chi connectivity index (χ4n) is 3.49. The van der Waals surface area contributed by atoms with Gasteiger partial charge in [0.1, 0.15) is 5.76 Å². The van der Waals surface area contributed by atoms with Crippen molar-refractivity contribution in [1.29, 1.82) is 0 Å². The first-order valence-corrected chi connectivity index (χ1v) is 9.67. The Morgan fingerprint density at radius 2 is 1.90 bits per heavy atom. The second kappa shape index (κ2) is 9.88. The molecule has 3 N–H and O–H groups in total. The highest BCUT2D eigenvalue weighted by Crippen LogP contribution is 2.15. The maximum absolute atomic E-state index is 12.5. The van der Waals surface area contributed by atoms with Gasteiger partial charge in [0, 0.05) is 12.8 Å². The number of hydrogen-bond acceptors (Lipinski definition) is 5. The summed E-state index contributed by atoms with van der Waals surface area (Å²) in [6.45, 7) is 2.03. The molecule has 3 rings (SSSR count). The molecule has 0 bridgehead atoms. The number of likely N-dealkylation sites (tertiary alicyclic amines) is 1. The van der Waals surface area contributed by atoms with E-state index in [9.17, 15) is 14.4 Å². The van der Waals surface area contributed by atoms with Gasteiger partial charge in [0.15, 0.2) is 6.54 Å². The van der Waals surface area contributed by atoms with Crippen LogP contribution < -0.4 is 15.5 Å². The lowest BCUT2D eigenvalue weighted by molar-refractivity contribution is -0.897. The molecule has 8 heteroatoms. The van der Waals surface area contributed by atoms with Crippen molar-refractivity contribution in [3.63, 3.8) is 0 Å². The van der Waals surface area contributed by atoms with Gasteiger partial charge in [-0.3, -0.25) is 14.4 Å². The molecule has 0 aliphatic carbocycles. The van der Waals surface area contributed by atoms with Gasteiger partial charge in [-0.1, -0.05) is 12.1 Å². The number of amides is 2. The number of carbonyl (C=O) groups is 3. The first-order chi connectivity index (χ1) is 14.1. The summed E-state index contributed by atoms with van der Waals surface area (Å²) in [6.07, 6.45) is 2.97. The van der Waals surface area contributed by atoms with Gasteiger partial charge in [-0.05, 0) is 24.3 Å². The van der Waals surface area contributed by atoms with E-state index < -0.39 is 0 Å². The van der Waals surface area contributed by atoms with Crippen molar-refractivity contribution < 1.29 is 28.4 Å². The predicted octanol–water partition coefficient (Wildman–Crippen LogP) is 0.616. The van der Waals surface area contributed by atoms with Crippen molar-refractivity contribution in [2.24, 2.45) is 5.92 Å². The topological polar surface area (TPSA) is 102 Å². The zero-order chi connectivity index (χ0) is 20.6. The summed E-state index contributed by atoms with van der Waals surface area (Å²) in [5.74, 6) is -0.0569. The smallest absolute Gasteiger partial charge is 0.309 e. The van der Waals surface area contributed by atoms with Crippen LogP contribution in [0.5, 0.6) is 0 Å². The second-order valence-corrected chi connectivity index (χ2v) is 7.08. The summed E-state index contributed by atoms with van der Waals surface area (Å²) >= 11 is 0. The van der Waals surface area contributed by atoms with Crippen molar-refractivity contribution in [2.75, 3.05) is 32.1 Å². The molecule has 1 aromatic heterocycles. The SMILES string of the molecule is COC(=O)C1CC[NH+](CC(=O)Nc2ccccc2C(=O)NCc2ccco2)CC1. The molecule has 0 spiro atoms. The first-order valence-electron chi connectivity index (χ1n) is 9.67. The van der Waals surface area contributed by atoms with Crippen molar-refractivity contribution >= 4 is 23.5 Å². The molecule has 2 heterocycles. The maximum Gasteiger partial charge on any atom is 0.309 e. The van der Waals surface area contributed by atoms with Crippen LogP contribution in [0.15, 0.2) is 47.1 Å². The standard InChI is InChI=1S/C21H25N3O5/c1-28-21(27)15-8-10-24(11-9-15)14-19(25)23-18-7-3-2-6-17(18)20(26)22-13-16-5-4-12-29-16/h2-7,12,15H,8-11,13-14H2,1H3,(H,22,26)(H,23,25)/p+1. The highest BCUT2D eigenvalue weighted by atomic mass is 16.5. The number of rotatable bonds is 7. The fourth-order valence-corrected chi connectivity index (χ4v) is 3.49. The second-order valence-electron chi connectivity index (χ2n) is 7.08. The van der Waals surface area contributed by atoms with Crippen LogP contribution in [0.1, 0.15) is 29.0 Å². The predicted molar refractivity (Wildman–Crippen MR) is 105 cm³/mol. The molecule has 1 saturated heterocycles. The molecule has 1 aromatic carbocycles. The number of carbonyl (C=O) groups excluding carboxylic acids is 3. The van der Waals surface area contributed by atoms with Crippen molar-refractivity contribution in [3.05, 3.63) is 54.0 Å². The number of nitrogens with one attached hydrogen (secondary N) is 3. The monoisotopic (exact) mass is 400 g/mol. The minimum atomic E-state index is -0.288. The number of furan rings is 1. The van der Waals surface area contributed by atoms with Gasteiger partial charge < -0.3 is 24.7 Å². The summed E-state index contributed by atoms with van der Waals surface area (Å²) in [4.78, 5) is 37.7. The van der Waals surface area contributed by atoms with Gasteiger partial charge in [0.2, 0.25) is 0 Å². The number of para-hydroxylation sites is 1. The van der Waals surface area contributed by atoms with E-state index in [0.29, 0.717) is 29.9 Å². The lowest BCUT2D eigenvalue weighted by atomic mass is 9.97. The molecule has 0 unspecified atom stereocenters. The Morgan fingerprint density at radius 1 is 1.14 bits per heavy atom. The summed E-state index contributed by atoms with van der Waals surface area (Å²) in [5, 5.41) is 5.63. The molecule has 1 aliphatic heterocycles. The Hall–Kier alpha value is -3.13. The third-order valence-corrected chi connectivity index (χ3v) is 5.09. The van der Waals surface area contributed by atoms with Crippen LogP contribution in [-0.4, -0.2) is 44.5 Å². The Labute approximate surface area is 169 Å². The Kier molecular flexibility index (Phi) is 7.02. The molecule has 0 atom stereocenters. The van der Waals surface area contributed by atoms with Gasteiger partial charge in [-0.2, -0.15) is 0 Å². The van der Waals surface area contributed by atoms with Gasteiger partial charge in [-0.15, -0.1) is 0 Å². The van der Waals surface area contributed by atoms with Crippen LogP contribution in [-0.2, 0) is 20.9 Å². The van der Waals surface area contributed by atoms with Crippen molar-refractivity contribution in [2.45, 2.75) is 19.4 Å². The number of ether oxygens (including phenoxy) is 1. The Balaban J connectivity index is 1.53. The minimum Gasteiger partial charge on any atom is -0.469 e. The van der Waals surface area contributed by atoms with Crippen molar-refractivity contribution in [3.8, 4) is 0 Å². The molecule has 29 heavy (non-hydrogen) atoms. The normalized spacial score (nSPS) is 18.7. The average molecular weight is 400 g/mol. The van der Waals surface area contributed by atoms with E-state index in [1.54, 1.807) is 42.7 Å². The zero-order valence-corrected chi connectivity index (χ0v) is 16.4. The summed E-state index contributed by atoms with van der Waals surface area (Å²) in [6, 6.07) is 10.4. The number of benzene rings is 1. The van der Waals surface area contributed by atoms with E-state index in [0.717, 1.165) is 18.0 Å². The first kappa shape index (κ1) is 20.6. The van der Waals surface area contributed by atoms with E-state index >= 15 is 0 Å². The Morgan fingerprint density at radius 3 is 2.59 bits per heavy atom. The van der Waals surface area contributed by atoms with E-state index in [2.05, 4.69) is 10.6 Å². The van der Waals surface area contributed by atoms with Gasteiger partial charge in [-0.25, -0.2) is 0 Å². The summed E-state index contributed by atoms with van der Waals surface area (Å²) in [7, 11) is 1.40. The number of hydrogen-bond donors (Lipinski definition) is 3. The van der Waals surface area contributed by atoms with Crippen LogP contribution in [0.4, 0.5) is 5.69 Å². The van der Waals surface area contributed by atoms with Crippen LogP contribution in [0.3, 0.4) is 0 Å². The number of esters is 1. The molecular formula is C21H26N3O5+. The van der Waals surface area contributed by atoms with Gasteiger partial charge in [0.05, 0.1) is 50.2 Å². The molecule has 0 radical (unpaired) electrons. The van der Waals surface area contributed by atoms with Crippen LogP contribution in [0, 0.1) is 5.92 Å². The average Bonchev–Trinajstić information content (AvgIpc) is 3.26. The van der Waals surface area contributed by atoms with Crippen LogP contribution in [0.2, 0.25) is 0 Å². The Bertz CT molecular complexity index is 842. The zero-order valence-electron chi connectivity index (χ0n) is 16.4. The largest absolute Gasteiger partial charge is 0.469 e. The van der Waals surface area contributed by atoms with E-state index in [-0.39, 0.29) is 36.8 Å². The van der Waals surface area contributed by atoms with E-state index in [1.165, 1.54) is 7.11 Å². The molecule has 0 saturated carbocycles. The van der Waals surface area contributed by atoms with E-state index in [4.69, 9.17) is 9.15 Å². The van der Waals surface area contributed by atoms with Crippen molar-refractivity contribution in [1.82, 2.24) is 5.32 Å². The number of piperidine rings is 1. The molecule has 1 fully saturated rings. The summed E-state index contributed by atoms with van der Waals surface area (Å²) in [5.41, 5.74) is 0.866. The molecule has 1 aliphatic rings. The molecular weight excluding hydrogens is 374 g/mol. The lowest BCUT2D eigenvalue weighted by Crippen LogP contribution is -3.14. The fraction of sp³-hybridized carbons (Fsp3) is 0.381. The molecule has 2 amide bonds. The molecule has 8 nitrogen and oxygen atoms in total. The summed E-state index contributed by atoms with van der Waals surface area (Å²) < 4.78 is 10.0. The maximum atomic E-state index is 12.5. The van der Waals surface area contributed by atoms with Crippen LogP contribution in [0.25, 0.3) is 0 Å². The highest BCUT2D eigenvalue weighted by Gasteiger charge is 2.29. The number of quaternary nitrogens is 1. The number of anilines is 1. The van der Waals surface area contributed by atoms with Gasteiger partial charge in [0.25, 0.3) is 11.8 Å². The third-order valence-electron chi connectivity index (χ3n) is 5.09.